The quantitative estimate of drug-likeness (QED) is 0.738. The summed E-state index contributed by atoms with van der Waals surface area (Å²) in [6.45, 7) is 0. The molecule has 2 nitrogen and oxygen atoms in total. The number of rotatable bonds is 1. The van der Waals surface area contributed by atoms with Gasteiger partial charge in [0.2, 0.25) is 0 Å². The summed E-state index contributed by atoms with van der Waals surface area (Å²) < 4.78 is 0.865. The normalized spacial score (nSPS) is 10.5. The molecule has 13 heavy (non-hydrogen) atoms. The fourth-order valence-electron chi connectivity index (χ4n) is 1.14. The minimum atomic E-state index is 0.208. The predicted molar refractivity (Wildman–Crippen MR) is 53.9 cm³/mol. The Balaban J connectivity index is 2.83. The van der Waals surface area contributed by atoms with Crippen molar-refractivity contribution in [1.82, 2.24) is 0 Å². The van der Waals surface area contributed by atoms with Gasteiger partial charge in [-0.3, -0.25) is 4.79 Å². The Kier molecular flexibility index (Phi) is 1.98. The molecule has 0 saturated heterocycles. The van der Waals surface area contributed by atoms with E-state index < -0.39 is 0 Å². The third kappa shape index (κ3) is 1.30. The van der Waals surface area contributed by atoms with Crippen molar-refractivity contribution in [3.05, 3.63) is 28.1 Å². The van der Waals surface area contributed by atoms with E-state index in [1.54, 1.807) is 17.5 Å². The topological polar surface area (TPSA) is 37.3 Å². The highest BCUT2D eigenvalue weighted by Crippen LogP contribution is 2.34. The van der Waals surface area contributed by atoms with Crippen LogP contribution in [0.3, 0.4) is 0 Å². The maximum Gasteiger partial charge on any atom is 0.151 e. The van der Waals surface area contributed by atoms with Crippen LogP contribution < -0.4 is 0 Å². The van der Waals surface area contributed by atoms with Gasteiger partial charge >= 0.3 is 0 Å². The number of halogens is 1. The molecule has 0 saturated carbocycles. The van der Waals surface area contributed by atoms with Crippen molar-refractivity contribution in [1.29, 1.82) is 0 Å². The van der Waals surface area contributed by atoms with E-state index >= 15 is 0 Å². The fraction of sp³-hybridized carbons (Fsp3) is 0. The van der Waals surface area contributed by atoms with E-state index in [0.717, 1.165) is 4.70 Å². The summed E-state index contributed by atoms with van der Waals surface area (Å²) in [5.74, 6) is 0.208. The van der Waals surface area contributed by atoms with Crippen LogP contribution >= 0.6 is 22.9 Å². The van der Waals surface area contributed by atoms with Gasteiger partial charge in [-0.05, 0) is 12.1 Å². The van der Waals surface area contributed by atoms with E-state index in [-0.39, 0.29) is 5.75 Å². The largest absolute Gasteiger partial charge is 0.506 e. The third-order valence-electron chi connectivity index (χ3n) is 1.80. The van der Waals surface area contributed by atoms with E-state index in [1.807, 2.05) is 0 Å². The number of carbonyl (C=O) groups is 1. The zero-order valence-corrected chi connectivity index (χ0v) is 8.02. The molecule has 0 bridgehead atoms. The average Bonchev–Trinajstić information content (AvgIpc) is 2.47. The monoisotopic (exact) mass is 212 g/mol. The van der Waals surface area contributed by atoms with Crippen LogP contribution in [-0.4, -0.2) is 11.4 Å². The number of hydrogen-bond donors (Lipinski definition) is 1. The second-order valence-electron chi connectivity index (χ2n) is 2.61. The molecule has 1 heterocycles. The molecule has 1 aromatic heterocycles. The molecular weight excluding hydrogens is 208 g/mol. The van der Waals surface area contributed by atoms with E-state index in [4.69, 9.17) is 11.6 Å². The molecule has 0 unspecified atom stereocenters. The Morgan fingerprint density at radius 3 is 2.92 bits per heavy atom. The molecule has 0 fully saturated rings. The number of thiophene rings is 1. The van der Waals surface area contributed by atoms with Gasteiger partial charge in [-0.2, -0.15) is 0 Å². The van der Waals surface area contributed by atoms with E-state index in [2.05, 4.69) is 0 Å². The van der Waals surface area contributed by atoms with Crippen LogP contribution in [0.2, 0.25) is 5.02 Å². The van der Waals surface area contributed by atoms with Gasteiger partial charge < -0.3 is 5.11 Å². The van der Waals surface area contributed by atoms with Crippen LogP contribution in [0.4, 0.5) is 0 Å². The summed E-state index contributed by atoms with van der Waals surface area (Å²) in [6, 6.07) is 3.28. The molecule has 2 rings (SSSR count). The van der Waals surface area contributed by atoms with Gasteiger partial charge in [-0.25, -0.2) is 0 Å². The summed E-state index contributed by atoms with van der Waals surface area (Å²) >= 11 is 7.18. The Bertz CT molecular complexity index is 476. The van der Waals surface area contributed by atoms with Crippen LogP contribution in [0, 0.1) is 0 Å². The van der Waals surface area contributed by atoms with Crippen LogP contribution in [0.1, 0.15) is 10.4 Å². The Morgan fingerprint density at radius 1 is 1.46 bits per heavy atom. The SMILES string of the molecule is O=Cc1cc2scc(O)c2cc1Cl. The van der Waals surface area contributed by atoms with Gasteiger partial charge in [-0.15, -0.1) is 11.3 Å². The second kappa shape index (κ2) is 3.01. The summed E-state index contributed by atoms with van der Waals surface area (Å²) in [5, 5.41) is 12.0. The van der Waals surface area contributed by atoms with Crippen molar-refractivity contribution in [2.75, 3.05) is 0 Å². The molecule has 1 aromatic carbocycles. The van der Waals surface area contributed by atoms with Crippen LogP contribution in [-0.2, 0) is 0 Å². The third-order valence-corrected chi connectivity index (χ3v) is 3.06. The van der Waals surface area contributed by atoms with E-state index in [9.17, 15) is 9.90 Å². The zero-order valence-electron chi connectivity index (χ0n) is 6.45. The highest BCUT2D eigenvalue weighted by molar-refractivity contribution is 7.17. The first-order valence-electron chi connectivity index (χ1n) is 3.57. The predicted octanol–water partition coefficient (Wildman–Crippen LogP) is 3.07. The molecule has 1 N–H and O–H groups in total. The molecule has 0 atom stereocenters. The Labute approximate surface area is 83.4 Å². The second-order valence-corrected chi connectivity index (χ2v) is 3.93. The molecule has 66 valence electrons. The molecule has 0 aliphatic carbocycles. The molecule has 0 spiro atoms. The van der Waals surface area contributed by atoms with Crippen molar-refractivity contribution in [2.45, 2.75) is 0 Å². The standard InChI is InChI=1S/C9H5ClO2S/c10-7-2-6-8(12)4-13-9(6)1-5(7)3-11/h1-4,12H. The first-order valence-corrected chi connectivity index (χ1v) is 4.83. The summed E-state index contributed by atoms with van der Waals surface area (Å²) in [5.41, 5.74) is 0.455. The lowest BCUT2D eigenvalue weighted by Gasteiger charge is -1.96. The molecule has 0 aliphatic heterocycles. The maximum atomic E-state index is 10.5. The minimum absolute atomic E-state index is 0.208. The fourth-order valence-corrected chi connectivity index (χ4v) is 2.20. The molecule has 2 aromatic rings. The van der Waals surface area contributed by atoms with Crippen molar-refractivity contribution >= 4 is 39.3 Å². The Morgan fingerprint density at radius 2 is 2.23 bits per heavy atom. The Hall–Kier alpha value is -1.06. The lowest BCUT2D eigenvalue weighted by molar-refractivity contribution is 0.112. The summed E-state index contributed by atoms with van der Waals surface area (Å²) in [4.78, 5) is 10.5. The lowest BCUT2D eigenvalue weighted by Crippen LogP contribution is -1.80. The molecule has 0 amide bonds. The van der Waals surface area contributed by atoms with Gasteiger partial charge in [0.1, 0.15) is 5.75 Å². The number of hydrogen-bond acceptors (Lipinski definition) is 3. The van der Waals surface area contributed by atoms with E-state index in [1.165, 1.54) is 11.3 Å². The van der Waals surface area contributed by atoms with Gasteiger partial charge in [-0.1, -0.05) is 11.6 Å². The van der Waals surface area contributed by atoms with Gasteiger partial charge in [0.15, 0.2) is 6.29 Å². The number of aromatic hydroxyl groups is 1. The highest BCUT2D eigenvalue weighted by atomic mass is 35.5. The van der Waals surface area contributed by atoms with Crippen molar-refractivity contribution in [3.8, 4) is 5.75 Å². The van der Waals surface area contributed by atoms with Crippen LogP contribution in [0.5, 0.6) is 5.75 Å². The van der Waals surface area contributed by atoms with Crippen LogP contribution in [0.25, 0.3) is 10.1 Å². The number of aldehydes is 1. The number of fused-ring (bicyclic) bond motifs is 1. The molecule has 0 aliphatic rings. The first kappa shape index (κ1) is 8.53. The molecule has 0 radical (unpaired) electrons. The van der Waals surface area contributed by atoms with Gasteiger partial charge in [0, 0.05) is 21.0 Å². The highest BCUT2D eigenvalue weighted by Gasteiger charge is 2.06. The number of carbonyl (C=O) groups excluding carboxylic acids is 1. The van der Waals surface area contributed by atoms with Crippen LogP contribution in [0.15, 0.2) is 17.5 Å². The van der Waals surface area contributed by atoms with Crippen molar-refractivity contribution in [2.24, 2.45) is 0 Å². The van der Waals surface area contributed by atoms with Gasteiger partial charge in [0.25, 0.3) is 0 Å². The smallest absolute Gasteiger partial charge is 0.151 e. The maximum absolute atomic E-state index is 10.5. The average molecular weight is 213 g/mol. The first-order chi connectivity index (χ1) is 6.22. The molecule has 4 heteroatoms. The summed E-state index contributed by atoms with van der Waals surface area (Å²) in [7, 11) is 0. The van der Waals surface area contributed by atoms with Gasteiger partial charge in [0.05, 0.1) is 5.02 Å². The minimum Gasteiger partial charge on any atom is -0.506 e. The molecular formula is C9H5ClO2S. The van der Waals surface area contributed by atoms with Crippen molar-refractivity contribution < 1.29 is 9.90 Å². The van der Waals surface area contributed by atoms with Crippen molar-refractivity contribution in [3.63, 3.8) is 0 Å². The lowest BCUT2D eigenvalue weighted by atomic mass is 10.2. The summed E-state index contributed by atoms with van der Waals surface area (Å²) in [6.07, 6.45) is 0.707. The zero-order chi connectivity index (χ0) is 9.42. The number of benzene rings is 1. The van der Waals surface area contributed by atoms with E-state index in [0.29, 0.717) is 22.3 Å².